The fraction of sp³-hybridized carbons (Fsp3) is 0.310. The first kappa shape index (κ1) is 22.8. The topological polar surface area (TPSA) is 40.6 Å². The highest BCUT2D eigenvalue weighted by molar-refractivity contribution is 5.97. The van der Waals surface area contributed by atoms with Crippen molar-refractivity contribution < 1.29 is 9.59 Å². The summed E-state index contributed by atoms with van der Waals surface area (Å²) in [6.45, 7) is 5.57. The Morgan fingerprint density at radius 2 is 1.58 bits per heavy atom. The number of amides is 2. The molecule has 4 nitrogen and oxygen atoms in total. The van der Waals surface area contributed by atoms with E-state index in [9.17, 15) is 9.59 Å². The van der Waals surface area contributed by atoms with E-state index in [1.807, 2.05) is 53.4 Å². The Hall–Kier alpha value is -3.40. The number of nitrogens with zero attached hydrogens (tertiary/aromatic N) is 2. The molecule has 0 saturated heterocycles. The maximum Gasteiger partial charge on any atom is 0.254 e. The number of carbonyl (C=O) groups is 2. The van der Waals surface area contributed by atoms with Crippen molar-refractivity contribution in [3.05, 3.63) is 95.6 Å². The summed E-state index contributed by atoms with van der Waals surface area (Å²) in [5.74, 6) is -0.0659. The van der Waals surface area contributed by atoms with E-state index in [4.69, 9.17) is 0 Å². The number of unbranched alkanes of at least 4 members (excludes halogenated alkanes) is 1. The van der Waals surface area contributed by atoms with Gasteiger partial charge in [-0.3, -0.25) is 9.59 Å². The third-order valence-corrected chi connectivity index (χ3v) is 6.55. The normalized spacial score (nSPS) is 15.1. The van der Waals surface area contributed by atoms with E-state index >= 15 is 0 Å². The first-order valence-electron chi connectivity index (χ1n) is 11.9. The number of fused-ring (bicyclic) bond motifs is 1. The number of hydrogen-bond donors (Lipinski definition) is 0. The molecule has 0 saturated carbocycles. The molecule has 3 aromatic rings. The average Bonchev–Trinajstić information content (AvgIpc) is 2.87. The van der Waals surface area contributed by atoms with Crippen LogP contribution in [0.1, 0.15) is 54.2 Å². The molecule has 1 unspecified atom stereocenters. The van der Waals surface area contributed by atoms with Crippen molar-refractivity contribution in [3.8, 4) is 11.1 Å². The quantitative estimate of drug-likeness (QED) is 0.470. The highest BCUT2D eigenvalue weighted by Gasteiger charge is 2.29. The van der Waals surface area contributed by atoms with Crippen molar-refractivity contribution in [2.45, 2.75) is 39.2 Å². The summed E-state index contributed by atoms with van der Waals surface area (Å²) < 4.78 is 0. The van der Waals surface area contributed by atoms with Crippen LogP contribution in [-0.4, -0.2) is 41.2 Å². The molecule has 3 aromatic carbocycles. The fourth-order valence-electron chi connectivity index (χ4n) is 4.59. The van der Waals surface area contributed by atoms with Crippen LogP contribution in [0.25, 0.3) is 11.1 Å². The van der Waals surface area contributed by atoms with Crippen molar-refractivity contribution in [2.24, 2.45) is 0 Å². The van der Waals surface area contributed by atoms with Crippen LogP contribution in [-0.2, 0) is 11.2 Å². The van der Waals surface area contributed by atoms with Gasteiger partial charge in [0.1, 0.15) is 6.54 Å². The first-order valence-corrected chi connectivity index (χ1v) is 11.9. The molecule has 0 aromatic heterocycles. The standard InChI is InChI=1S/C29H32N2O2/c1-3-4-19-30(21-28(32)31-20-18-25-12-8-9-13-27(25)22(31)2)29(33)26-16-14-24(15-17-26)23-10-6-5-7-11-23/h5-17,22H,3-4,18-21H2,1-2H3. The van der Waals surface area contributed by atoms with Crippen LogP contribution in [0.5, 0.6) is 0 Å². The molecular weight excluding hydrogens is 408 g/mol. The number of carbonyl (C=O) groups excluding carboxylic acids is 2. The van der Waals surface area contributed by atoms with E-state index in [0.29, 0.717) is 18.7 Å². The van der Waals surface area contributed by atoms with Crippen LogP contribution >= 0.6 is 0 Å². The Morgan fingerprint density at radius 3 is 2.30 bits per heavy atom. The molecule has 2 amide bonds. The van der Waals surface area contributed by atoms with Crippen LogP contribution in [0.2, 0.25) is 0 Å². The molecule has 0 fully saturated rings. The van der Waals surface area contributed by atoms with Gasteiger partial charge < -0.3 is 9.80 Å². The summed E-state index contributed by atoms with van der Waals surface area (Å²) in [4.78, 5) is 30.3. The average molecular weight is 441 g/mol. The van der Waals surface area contributed by atoms with Gasteiger partial charge >= 0.3 is 0 Å². The van der Waals surface area contributed by atoms with E-state index in [2.05, 4.69) is 44.2 Å². The predicted octanol–water partition coefficient (Wildman–Crippen LogP) is 5.74. The molecule has 1 aliphatic rings. The van der Waals surface area contributed by atoms with Crippen LogP contribution < -0.4 is 0 Å². The summed E-state index contributed by atoms with van der Waals surface area (Å²) >= 11 is 0. The summed E-state index contributed by atoms with van der Waals surface area (Å²) in [7, 11) is 0. The van der Waals surface area contributed by atoms with E-state index in [0.717, 1.165) is 30.4 Å². The fourth-order valence-corrected chi connectivity index (χ4v) is 4.59. The highest BCUT2D eigenvalue weighted by Crippen LogP contribution is 2.29. The molecule has 0 aliphatic carbocycles. The van der Waals surface area contributed by atoms with E-state index < -0.39 is 0 Å². The largest absolute Gasteiger partial charge is 0.334 e. The minimum Gasteiger partial charge on any atom is -0.334 e. The second-order valence-corrected chi connectivity index (χ2v) is 8.74. The van der Waals surface area contributed by atoms with Gasteiger partial charge in [0.15, 0.2) is 0 Å². The van der Waals surface area contributed by atoms with Crippen LogP contribution in [0.15, 0.2) is 78.9 Å². The number of benzene rings is 3. The molecule has 1 atom stereocenters. The molecule has 0 spiro atoms. The molecule has 0 N–H and O–H groups in total. The molecule has 1 heterocycles. The zero-order valence-corrected chi connectivity index (χ0v) is 19.5. The van der Waals surface area contributed by atoms with Gasteiger partial charge in [-0.05, 0) is 54.2 Å². The van der Waals surface area contributed by atoms with Gasteiger partial charge in [-0.15, -0.1) is 0 Å². The predicted molar refractivity (Wildman–Crippen MR) is 133 cm³/mol. The van der Waals surface area contributed by atoms with Gasteiger partial charge in [-0.2, -0.15) is 0 Å². The Kier molecular flexibility index (Phi) is 7.23. The lowest BCUT2D eigenvalue weighted by Crippen LogP contribution is -2.46. The molecule has 0 bridgehead atoms. The molecule has 0 radical (unpaired) electrons. The van der Waals surface area contributed by atoms with E-state index in [1.165, 1.54) is 11.1 Å². The molecule has 33 heavy (non-hydrogen) atoms. The Morgan fingerprint density at radius 1 is 0.909 bits per heavy atom. The Labute approximate surface area is 196 Å². The van der Waals surface area contributed by atoms with E-state index in [-0.39, 0.29) is 24.4 Å². The second kappa shape index (κ2) is 10.5. The summed E-state index contributed by atoms with van der Waals surface area (Å²) in [6.07, 6.45) is 2.70. The molecule has 4 rings (SSSR count). The van der Waals surface area contributed by atoms with Gasteiger partial charge in [0, 0.05) is 18.7 Å². The lowest BCUT2D eigenvalue weighted by molar-refractivity contribution is -0.134. The Bertz CT molecular complexity index is 1090. The Balaban J connectivity index is 1.48. The van der Waals surface area contributed by atoms with Crippen molar-refractivity contribution in [3.63, 3.8) is 0 Å². The van der Waals surface area contributed by atoms with Crippen molar-refractivity contribution in [1.82, 2.24) is 9.80 Å². The van der Waals surface area contributed by atoms with Gasteiger partial charge in [-0.25, -0.2) is 0 Å². The second-order valence-electron chi connectivity index (χ2n) is 8.74. The molecule has 170 valence electrons. The zero-order valence-electron chi connectivity index (χ0n) is 19.5. The van der Waals surface area contributed by atoms with Gasteiger partial charge in [0.05, 0.1) is 6.04 Å². The van der Waals surface area contributed by atoms with Crippen molar-refractivity contribution in [2.75, 3.05) is 19.6 Å². The number of hydrogen-bond acceptors (Lipinski definition) is 2. The van der Waals surface area contributed by atoms with Gasteiger partial charge in [0.2, 0.25) is 5.91 Å². The third kappa shape index (κ3) is 5.16. The highest BCUT2D eigenvalue weighted by atomic mass is 16.2. The summed E-state index contributed by atoms with van der Waals surface area (Å²) in [5.41, 5.74) is 5.33. The van der Waals surface area contributed by atoms with Crippen LogP contribution in [0.4, 0.5) is 0 Å². The van der Waals surface area contributed by atoms with Crippen molar-refractivity contribution in [1.29, 1.82) is 0 Å². The van der Waals surface area contributed by atoms with Gasteiger partial charge in [0.25, 0.3) is 5.91 Å². The van der Waals surface area contributed by atoms with Crippen LogP contribution in [0.3, 0.4) is 0 Å². The lowest BCUT2D eigenvalue weighted by atomic mass is 9.93. The van der Waals surface area contributed by atoms with Crippen molar-refractivity contribution >= 4 is 11.8 Å². The summed E-state index contributed by atoms with van der Waals surface area (Å²) in [6, 6.07) is 26.2. The minimum atomic E-state index is -0.0820. The van der Waals surface area contributed by atoms with Gasteiger partial charge in [-0.1, -0.05) is 80.1 Å². The lowest BCUT2D eigenvalue weighted by Gasteiger charge is -2.36. The smallest absolute Gasteiger partial charge is 0.254 e. The maximum absolute atomic E-state index is 13.4. The SMILES string of the molecule is CCCCN(CC(=O)N1CCc2ccccc2C1C)C(=O)c1ccc(-c2ccccc2)cc1. The summed E-state index contributed by atoms with van der Waals surface area (Å²) in [5, 5.41) is 0. The minimum absolute atomic E-state index is 0.0161. The number of rotatable bonds is 7. The first-order chi connectivity index (χ1) is 16.1. The molecule has 4 heteroatoms. The maximum atomic E-state index is 13.4. The zero-order chi connectivity index (χ0) is 23.2. The van der Waals surface area contributed by atoms with Crippen LogP contribution in [0, 0.1) is 0 Å². The molecule has 1 aliphatic heterocycles. The van der Waals surface area contributed by atoms with E-state index in [1.54, 1.807) is 4.90 Å². The molecular formula is C29H32N2O2. The monoisotopic (exact) mass is 440 g/mol. The third-order valence-electron chi connectivity index (χ3n) is 6.55.